The van der Waals surface area contributed by atoms with Crippen LogP contribution in [0.1, 0.15) is 35.4 Å². The van der Waals surface area contributed by atoms with Crippen molar-refractivity contribution >= 4 is 11.7 Å². The van der Waals surface area contributed by atoms with E-state index >= 15 is 0 Å². The first-order valence-electron chi connectivity index (χ1n) is 8.36. The molecular weight excluding hydrogens is 323 g/mol. The zero-order valence-electron chi connectivity index (χ0n) is 14.2. The molecule has 1 saturated heterocycles. The third-order valence-corrected chi connectivity index (χ3v) is 4.19. The van der Waals surface area contributed by atoms with E-state index in [9.17, 15) is 9.18 Å². The van der Waals surface area contributed by atoms with Gasteiger partial charge < -0.3 is 15.0 Å². The molecule has 0 aliphatic carbocycles. The Hall–Kier alpha value is -2.70. The van der Waals surface area contributed by atoms with Gasteiger partial charge in [0, 0.05) is 24.8 Å². The third kappa shape index (κ3) is 4.23. The molecule has 0 bridgehead atoms. The van der Waals surface area contributed by atoms with Crippen molar-refractivity contribution in [3.8, 4) is 5.75 Å². The third-order valence-electron chi connectivity index (χ3n) is 4.19. The Balaban J connectivity index is 1.63. The van der Waals surface area contributed by atoms with Crippen LogP contribution in [0.25, 0.3) is 0 Å². The van der Waals surface area contributed by atoms with Crippen LogP contribution in [0.5, 0.6) is 5.75 Å². The summed E-state index contributed by atoms with van der Waals surface area (Å²) in [6, 6.07) is 5.98. The molecule has 1 fully saturated rings. The second kappa shape index (κ2) is 7.92. The van der Waals surface area contributed by atoms with E-state index in [-0.39, 0.29) is 23.8 Å². The predicted molar refractivity (Wildman–Crippen MR) is 92.2 cm³/mol. The molecular formula is C18H21FN4O2. The Morgan fingerprint density at radius 2 is 2.08 bits per heavy atom. The van der Waals surface area contributed by atoms with Crippen LogP contribution in [-0.2, 0) is 6.54 Å². The Bertz CT molecular complexity index is 748. The molecule has 0 radical (unpaired) electrons. The first-order valence-corrected chi connectivity index (χ1v) is 8.36. The molecule has 7 heteroatoms. The number of anilines is 1. The van der Waals surface area contributed by atoms with Crippen molar-refractivity contribution < 1.29 is 13.9 Å². The Labute approximate surface area is 146 Å². The summed E-state index contributed by atoms with van der Waals surface area (Å²) in [4.78, 5) is 23.1. The fourth-order valence-corrected chi connectivity index (χ4v) is 2.84. The Kier molecular flexibility index (Phi) is 5.42. The standard InChI is InChI=1S/C18H21FN4O2/c1-25-15-6-5-13(11-14(15)19)18(24)21-12-16-20-8-7-17(22-16)23-9-3-2-4-10-23/h5-8,11H,2-4,9-10,12H2,1H3,(H,21,24). The van der Waals surface area contributed by atoms with Crippen molar-refractivity contribution in [3.05, 3.63) is 47.7 Å². The van der Waals surface area contributed by atoms with Gasteiger partial charge in [0.2, 0.25) is 0 Å². The monoisotopic (exact) mass is 344 g/mol. The van der Waals surface area contributed by atoms with Gasteiger partial charge in [-0.3, -0.25) is 4.79 Å². The fourth-order valence-electron chi connectivity index (χ4n) is 2.84. The molecule has 1 N–H and O–H groups in total. The number of benzene rings is 1. The molecule has 0 saturated carbocycles. The first kappa shape index (κ1) is 17.1. The minimum absolute atomic E-state index is 0.106. The lowest BCUT2D eigenvalue weighted by atomic mass is 10.1. The molecule has 6 nitrogen and oxygen atoms in total. The molecule has 1 aromatic carbocycles. The van der Waals surface area contributed by atoms with Gasteiger partial charge in [0.25, 0.3) is 5.91 Å². The van der Waals surface area contributed by atoms with Crippen LogP contribution in [0.3, 0.4) is 0 Å². The van der Waals surface area contributed by atoms with E-state index in [1.807, 2.05) is 6.07 Å². The maximum atomic E-state index is 13.7. The molecule has 0 atom stereocenters. The number of hydrogen-bond acceptors (Lipinski definition) is 5. The van der Waals surface area contributed by atoms with E-state index in [0.717, 1.165) is 25.0 Å². The average molecular weight is 344 g/mol. The Morgan fingerprint density at radius 1 is 1.28 bits per heavy atom. The summed E-state index contributed by atoms with van der Waals surface area (Å²) < 4.78 is 18.5. The lowest BCUT2D eigenvalue weighted by Gasteiger charge is -2.27. The number of nitrogens with one attached hydrogen (secondary N) is 1. The number of piperidine rings is 1. The zero-order valence-corrected chi connectivity index (χ0v) is 14.2. The number of hydrogen-bond donors (Lipinski definition) is 1. The molecule has 0 unspecified atom stereocenters. The van der Waals surface area contributed by atoms with Crippen molar-refractivity contribution in [2.75, 3.05) is 25.1 Å². The van der Waals surface area contributed by atoms with E-state index < -0.39 is 5.82 Å². The number of halogens is 1. The number of aromatic nitrogens is 2. The quantitative estimate of drug-likeness (QED) is 0.903. The molecule has 132 valence electrons. The number of nitrogens with zero attached hydrogens (tertiary/aromatic N) is 3. The number of methoxy groups -OCH3 is 1. The van der Waals surface area contributed by atoms with Gasteiger partial charge in [0.15, 0.2) is 11.6 Å². The van der Waals surface area contributed by atoms with Crippen molar-refractivity contribution in [3.63, 3.8) is 0 Å². The molecule has 1 amide bonds. The van der Waals surface area contributed by atoms with Crippen molar-refractivity contribution in [1.29, 1.82) is 0 Å². The van der Waals surface area contributed by atoms with Crippen LogP contribution in [0, 0.1) is 5.82 Å². The molecule has 25 heavy (non-hydrogen) atoms. The number of rotatable bonds is 5. The summed E-state index contributed by atoms with van der Waals surface area (Å²) in [7, 11) is 1.38. The smallest absolute Gasteiger partial charge is 0.251 e. The Morgan fingerprint density at radius 3 is 2.80 bits per heavy atom. The van der Waals surface area contributed by atoms with Crippen LogP contribution >= 0.6 is 0 Å². The highest BCUT2D eigenvalue weighted by atomic mass is 19.1. The fraction of sp³-hybridized carbons (Fsp3) is 0.389. The van der Waals surface area contributed by atoms with Gasteiger partial charge in [-0.15, -0.1) is 0 Å². The normalized spacial score (nSPS) is 14.2. The van der Waals surface area contributed by atoms with Gasteiger partial charge in [0.1, 0.15) is 11.6 Å². The summed E-state index contributed by atoms with van der Waals surface area (Å²) in [6.07, 6.45) is 5.28. The highest BCUT2D eigenvalue weighted by molar-refractivity contribution is 5.94. The maximum Gasteiger partial charge on any atom is 0.251 e. The second-order valence-electron chi connectivity index (χ2n) is 5.91. The average Bonchev–Trinajstić information content (AvgIpc) is 2.67. The topological polar surface area (TPSA) is 67.3 Å². The summed E-state index contributed by atoms with van der Waals surface area (Å²) in [6.45, 7) is 2.18. The molecule has 3 rings (SSSR count). The van der Waals surface area contributed by atoms with Crippen molar-refractivity contribution in [2.24, 2.45) is 0 Å². The van der Waals surface area contributed by atoms with Crippen LogP contribution in [0.4, 0.5) is 10.2 Å². The molecule has 2 aromatic rings. The van der Waals surface area contributed by atoms with Gasteiger partial charge in [-0.1, -0.05) is 0 Å². The van der Waals surface area contributed by atoms with Crippen LogP contribution in [0.15, 0.2) is 30.5 Å². The predicted octanol–water partition coefficient (Wildman–Crippen LogP) is 2.54. The van der Waals surface area contributed by atoms with Gasteiger partial charge in [-0.05, 0) is 43.5 Å². The van der Waals surface area contributed by atoms with E-state index in [0.29, 0.717) is 5.82 Å². The minimum atomic E-state index is -0.571. The largest absolute Gasteiger partial charge is 0.494 e. The maximum absolute atomic E-state index is 13.7. The zero-order chi connectivity index (χ0) is 17.6. The highest BCUT2D eigenvalue weighted by Gasteiger charge is 2.14. The molecule has 0 spiro atoms. The van der Waals surface area contributed by atoms with Gasteiger partial charge in [-0.25, -0.2) is 14.4 Å². The summed E-state index contributed by atoms with van der Waals surface area (Å²) >= 11 is 0. The lowest BCUT2D eigenvalue weighted by Crippen LogP contribution is -2.31. The van der Waals surface area contributed by atoms with Crippen LogP contribution in [0.2, 0.25) is 0 Å². The van der Waals surface area contributed by atoms with E-state index in [2.05, 4.69) is 20.2 Å². The summed E-state index contributed by atoms with van der Waals surface area (Å²) in [5.41, 5.74) is 0.227. The molecule has 1 aliphatic heterocycles. The molecule has 2 heterocycles. The summed E-state index contributed by atoms with van der Waals surface area (Å²) in [5, 5.41) is 2.72. The SMILES string of the molecule is COc1ccc(C(=O)NCc2nccc(N3CCCCC3)n2)cc1F. The van der Waals surface area contributed by atoms with Crippen LogP contribution < -0.4 is 15.0 Å². The number of ether oxygens (including phenoxy) is 1. The lowest BCUT2D eigenvalue weighted by molar-refractivity contribution is 0.0949. The number of amides is 1. The van der Waals surface area contributed by atoms with Crippen molar-refractivity contribution in [1.82, 2.24) is 15.3 Å². The van der Waals surface area contributed by atoms with E-state index in [1.54, 1.807) is 6.20 Å². The highest BCUT2D eigenvalue weighted by Crippen LogP contribution is 2.18. The number of carbonyl (C=O) groups excluding carboxylic acids is 1. The van der Waals surface area contributed by atoms with Crippen LogP contribution in [-0.4, -0.2) is 36.1 Å². The minimum Gasteiger partial charge on any atom is -0.494 e. The second-order valence-corrected chi connectivity index (χ2v) is 5.91. The van der Waals surface area contributed by atoms with Gasteiger partial charge >= 0.3 is 0 Å². The van der Waals surface area contributed by atoms with E-state index in [4.69, 9.17) is 4.74 Å². The first-order chi connectivity index (χ1) is 12.2. The summed E-state index contributed by atoms with van der Waals surface area (Å²) in [5.74, 6) is 0.570. The van der Waals surface area contributed by atoms with Gasteiger partial charge in [0.05, 0.1) is 13.7 Å². The van der Waals surface area contributed by atoms with Gasteiger partial charge in [-0.2, -0.15) is 0 Å². The van der Waals surface area contributed by atoms with Crippen molar-refractivity contribution in [2.45, 2.75) is 25.8 Å². The number of carbonyl (C=O) groups is 1. The van der Waals surface area contributed by atoms with E-state index in [1.165, 1.54) is 38.5 Å². The molecule has 1 aliphatic rings. The molecule has 1 aromatic heterocycles.